The van der Waals surface area contributed by atoms with Crippen molar-refractivity contribution in [2.24, 2.45) is 0 Å². The molecule has 3 aromatic rings. The summed E-state index contributed by atoms with van der Waals surface area (Å²) >= 11 is 3.38. The molecule has 2 nitrogen and oxygen atoms in total. The number of benzene rings is 2. The van der Waals surface area contributed by atoms with Crippen LogP contribution in [0.4, 0.5) is 0 Å². The van der Waals surface area contributed by atoms with Crippen molar-refractivity contribution in [3.05, 3.63) is 70.4 Å². The molecule has 19 heavy (non-hydrogen) atoms. The van der Waals surface area contributed by atoms with Crippen LogP contribution in [0.3, 0.4) is 0 Å². The van der Waals surface area contributed by atoms with Crippen molar-refractivity contribution in [3.63, 3.8) is 0 Å². The Morgan fingerprint density at radius 3 is 2.37 bits per heavy atom. The van der Waals surface area contributed by atoms with E-state index in [4.69, 9.17) is 4.42 Å². The van der Waals surface area contributed by atoms with E-state index in [0.717, 1.165) is 5.56 Å². The average Bonchev–Trinajstić information content (AvgIpc) is 2.48. The topological polar surface area (TPSA) is 30.2 Å². The van der Waals surface area contributed by atoms with Crippen molar-refractivity contribution >= 4 is 26.9 Å². The normalized spacial score (nSPS) is 10.8. The van der Waals surface area contributed by atoms with E-state index in [1.54, 1.807) is 6.07 Å². The lowest BCUT2D eigenvalue weighted by molar-refractivity contribution is 0.613. The van der Waals surface area contributed by atoms with Gasteiger partial charge in [-0.2, -0.15) is 0 Å². The fourth-order valence-electron chi connectivity index (χ4n) is 2.12. The first-order chi connectivity index (χ1) is 9.31. The Hall–Kier alpha value is -1.87. The van der Waals surface area contributed by atoms with Crippen LogP contribution < -0.4 is 5.43 Å². The largest absolute Gasteiger partial charge is 0.455 e. The van der Waals surface area contributed by atoms with E-state index in [1.807, 2.05) is 48.5 Å². The van der Waals surface area contributed by atoms with Gasteiger partial charge in [0, 0.05) is 10.9 Å². The van der Waals surface area contributed by atoms with E-state index < -0.39 is 0 Å². The standard InChI is InChI=1S/C16H11BrO2/c17-10-13-15(18)12-8-4-5-9-14(12)19-16(13)11-6-2-1-3-7-11/h1-9H,10H2. The van der Waals surface area contributed by atoms with Crippen molar-refractivity contribution in [1.29, 1.82) is 0 Å². The molecule has 0 fully saturated rings. The zero-order chi connectivity index (χ0) is 13.2. The quantitative estimate of drug-likeness (QED) is 0.658. The summed E-state index contributed by atoms with van der Waals surface area (Å²) in [6.07, 6.45) is 0. The van der Waals surface area contributed by atoms with Gasteiger partial charge in [0.15, 0.2) is 5.43 Å². The van der Waals surface area contributed by atoms with E-state index in [9.17, 15) is 4.79 Å². The van der Waals surface area contributed by atoms with Gasteiger partial charge in [-0.3, -0.25) is 4.79 Å². The summed E-state index contributed by atoms with van der Waals surface area (Å²) in [5, 5.41) is 1.10. The Bertz CT molecular complexity index is 776. The molecule has 0 aliphatic heterocycles. The van der Waals surface area contributed by atoms with Crippen molar-refractivity contribution in [1.82, 2.24) is 0 Å². The highest BCUT2D eigenvalue weighted by atomic mass is 79.9. The minimum atomic E-state index is 0.0255. The van der Waals surface area contributed by atoms with Gasteiger partial charge in [0.1, 0.15) is 11.3 Å². The lowest BCUT2D eigenvalue weighted by Crippen LogP contribution is -2.09. The predicted octanol–water partition coefficient (Wildman–Crippen LogP) is 4.35. The molecule has 94 valence electrons. The van der Waals surface area contributed by atoms with E-state index in [2.05, 4.69) is 15.9 Å². The second-order valence-corrected chi connectivity index (χ2v) is 4.80. The third-order valence-corrected chi connectivity index (χ3v) is 3.62. The van der Waals surface area contributed by atoms with Gasteiger partial charge in [-0.25, -0.2) is 0 Å². The molecule has 0 bridgehead atoms. The van der Waals surface area contributed by atoms with Gasteiger partial charge in [0.2, 0.25) is 0 Å². The minimum Gasteiger partial charge on any atom is -0.455 e. The third kappa shape index (κ3) is 2.10. The highest BCUT2D eigenvalue weighted by Gasteiger charge is 2.14. The van der Waals surface area contributed by atoms with E-state index in [-0.39, 0.29) is 5.43 Å². The molecule has 1 heterocycles. The summed E-state index contributed by atoms with van der Waals surface area (Å²) < 4.78 is 5.92. The summed E-state index contributed by atoms with van der Waals surface area (Å²) in [6.45, 7) is 0. The molecular formula is C16H11BrO2. The molecule has 0 N–H and O–H groups in total. The highest BCUT2D eigenvalue weighted by Crippen LogP contribution is 2.26. The molecule has 0 spiro atoms. The van der Waals surface area contributed by atoms with Gasteiger partial charge >= 0.3 is 0 Å². The summed E-state index contributed by atoms with van der Waals surface area (Å²) in [5.41, 5.74) is 2.22. The van der Waals surface area contributed by atoms with Crippen molar-refractivity contribution in [2.45, 2.75) is 5.33 Å². The van der Waals surface area contributed by atoms with Crippen LogP contribution in [-0.2, 0) is 5.33 Å². The summed E-state index contributed by atoms with van der Waals surface area (Å²) in [5.74, 6) is 0.640. The minimum absolute atomic E-state index is 0.0255. The van der Waals surface area contributed by atoms with Gasteiger partial charge in [0.05, 0.1) is 10.9 Å². The predicted molar refractivity (Wildman–Crippen MR) is 80.6 cm³/mol. The van der Waals surface area contributed by atoms with Crippen LogP contribution in [0.5, 0.6) is 0 Å². The summed E-state index contributed by atoms with van der Waals surface area (Å²) in [4.78, 5) is 12.5. The number of para-hydroxylation sites is 1. The molecule has 0 unspecified atom stereocenters. The number of rotatable bonds is 2. The monoisotopic (exact) mass is 314 g/mol. The Morgan fingerprint density at radius 1 is 0.947 bits per heavy atom. The van der Waals surface area contributed by atoms with Crippen LogP contribution in [0.1, 0.15) is 5.56 Å². The SMILES string of the molecule is O=c1c(CBr)c(-c2ccccc2)oc2ccccc12. The molecule has 3 heteroatoms. The lowest BCUT2D eigenvalue weighted by Gasteiger charge is -2.08. The van der Waals surface area contributed by atoms with Crippen LogP contribution in [0.25, 0.3) is 22.3 Å². The Kier molecular flexibility index (Phi) is 3.22. The molecule has 1 aromatic heterocycles. The number of hydrogen-bond acceptors (Lipinski definition) is 2. The second kappa shape index (κ2) is 5.02. The molecule has 2 aromatic carbocycles. The number of halogens is 1. The molecule has 3 rings (SSSR count). The zero-order valence-corrected chi connectivity index (χ0v) is 11.7. The van der Waals surface area contributed by atoms with Crippen molar-refractivity contribution < 1.29 is 4.42 Å². The number of fused-ring (bicyclic) bond motifs is 1. The van der Waals surface area contributed by atoms with Gasteiger partial charge in [-0.15, -0.1) is 0 Å². The van der Waals surface area contributed by atoms with E-state index >= 15 is 0 Å². The Labute approximate surface area is 118 Å². The molecule has 0 saturated carbocycles. The summed E-state index contributed by atoms with van der Waals surface area (Å²) in [6, 6.07) is 17.0. The Morgan fingerprint density at radius 2 is 1.63 bits per heavy atom. The second-order valence-electron chi connectivity index (χ2n) is 4.23. The molecule has 0 aliphatic rings. The molecular weight excluding hydrogens is 304 g/mol. The van der Waals surface area contributed by atoms with Crippen LogP contribution in [0.15, 0.2) is 63.8 Å². The Balaban J connectivity index is 2.39. The van der Waals surface area contributed by atoms with E-state index in [0.29, 0.717) is 27.6 Å². The number of alkyl halides is 1. The summed E-state index contributed by atoms with van der Waals surface area (Å²) in [7, 11) is 0. The van der Waals surface area contributed by atoms with Crippen LogP contribution in [0, 0.1) is 0 Å². The molecule has 0 amide bonds. The van der Waals surface area contributed by atoms with Crippen molar-refractivity contribution in [3.8, 4) is 11.3 Å². The zero-order valence-electron chi connectivity index (χ0n) is 10.1. The highest BCUT2D eigenvalue weighted by molar-refractivity contribution is 9.08. The van der Waals surface area contributed by atoms with Gasteiger partial charge in [-0.05, 0) is 12.1 Å². The van der Waals surface area contributed by atoms with Gasteiger partial charge in [-0.1, -0.05) is 58.4 Å². The first kappa shape index (κ1) is 12.2. The molecule has 0 aliphatic carbocycles. The van der Waals surface area contributed by atoms with Crippen molar-refractivity contribution in [2.75, 3.05) is 0 Å². The van der Waals surface area contributed by atoms with E-state index in [1.165, 1.54) is 0 Å². The molecule has 0 radical (unpaired) electrons. The maximum atomic E-state index is 12.5. The fourth-order valence-corrected chi connectivity index (χ4v) is 2.63. The first-order valence-corrected chi connectivity index (χ1v) is 7.09. The van der Waals surface area contributed by atoms with Crippen LogP contribution >= 0.6 is 15.9 Å². The smallest absolute Gasteiger partial charge is 0.197 e. The molecule has 0 atom stereocenters. The first-order valence-electron chi connectivity index (χ1n) is 5.97. The van der Waals surface area contributed by atoms with Crippen LogP contribution in [0.2, 0.25) is 0 Å². The van der Waals surface area contributed by atoms with Gasteiger partial charge in [0.25, 0.3) is 0 Å². The number of hydrogen-bond donors (Lipinski definition) is 0. The third-order valence-electron chi connectivity index (χ3n) is 3.06. The van der Waals surface area contributed by atoms with Gasteiger partial charge < -0.3 is 4.42 Å². The maximum absolute atomic E-state index is 12.5. The lowest BCUT2D eigenvalue weighted by atomic mass is 10.1. The molecule has 0 saturated heterocycles. The van der Waals surface area contributed by atoms with Crippen LogP contribution in [-0.4, -0.2) is 0 Å². The average molecular weight is 315 g/mol. The fraction of sp³-hybridized carbons (Fsp3) is 0.0625. The maximum Gasteiger partial charge on any atom is 0.197 e.